The molecule has 0 spiro atoms. The molecule has 6 heteroatoms. The normalized spacial score (nSPS) is 16.2. The zero-order chi connectivity index (χ0) is 15.5. The zero-order valence-electron chi connectivity index (χ0n) is 12.2. The molecule has 0 unspecified atom stereocenters. The van der Waals surface area contributed by atoms with Crippen LogP contribution in [0.4, 0.5) is 0 Å². The highest BCUT2D eigenvalue weighted by Crippen LogP contribution is 2.26. The summed E-state index contributed by atoms with van der Waals surface area (Å²) in [6.07, 6.45) is 1.78. The molecule has 22 heavy (non-hydrogen) atoms. The molecular weight excluding hydrogens is 302 g/mol. The fourth-order valence-corrected chi connectivity index (χ4v) is 3.02. The van der Waals surface area contributed by atoms with E-state index in [0.717, 1.165) is 34.6 Å². The fraction of sp³-hybridized carbons (Fsp3) is 0.375. The van der Waals surface area contributed by atoms with Gasteiger partial charge in [-0.15, -0.1) is 0 Å². The number of piperazine rings is 1. The van der Waals surface area contributed by atoms with E-state index < -0.39 is 6.61 Å². The first-order valence-electron chi connectivity index (χ1n) is 7.32. The van der Waals surface area contributed by atoms with Crippen molar-refractivity contribution in [1.29, 1.82) is 0 Å². The minimum atomic E-state index is -0.418. The molecule has 0 aliphatic carbocycles. The summed E-state index contributed by atoms with van der Waals surface area (Å²) in [4.78, 5) is 19.9. The zero-order valence-corrected chi connectivity index (χ0v) is 13.0. The van der Waals surface area contributed by atoms with Crippen LogP contribution in [0, 0.1) is 0 Å². The average Bonchev–Trinajstić information content (AvgIpc) is 2.57. The first kappa shape index (κ1) is 15.2. The van der Waals surface area contributed by atoms with Gasteiger partial charge in [0.25, 0.3) is 0 Å². The van der Waals surface area contributed by atoms with Gasteiger partial charge in [0.15, 0.2) is 0 Å². The number of aromatic nitrogens is 1. The van der Waals surface area contributed by atoms with E-state index in [-0.39, 0.29) is 5.91 Å². The number of pyridine rings is 1. The number of carbonyl (C=O) groups excluding carboxylic acids is 1. The van der Waals surface area contributed by atoms with Crippen molar-refractivity contribution in [3.63, 3.8) is 0 Å². The van der Waals surface area contributed by atoms with Gasteiger partial charge in [-0.3, -0.25) is 14.7 Å². The van der Waals surface area contributed by atoms with Crippen molar-refractivity contribution in [2.24, 2.45) is 0 Å². The summed E-state index contributed by atoms with van der Waals surface area (Å²) in [5.41, 5.74) is 1.96. The van der Waals surface area contributed by atoms with Crippen LogP contribution in [0.2, 0.25) is 5.02 Å². The van der Waals surface area contributed by atoms with E-state index in [1.807, 2.05) is 24.3 Å². The molecule has 2 aromatic rings. The average molecular weight is 320 g/mol. The van der Waals surface area contributed by atoms with Crippen LogP contribution in [0.5, 0.6) is 0 Å². The number of rotatable bonds is 3. The van der Waals surface area contributed by atoms with Crippen LogP contribution < -0.4 is 0 Å². The van der Waals surface area contributed by atoms with Gasteiger partial charge < -0.3 is 10.0 Å². The molecular formula is C16H18ClN3O2. The number of hydrogen-bond donors (Lipinski definition) is 1. The second-order valence-electron chi connectivity index (χ2n) is 5.42. The number of hydrogen-bond acceptors (Lipinski definition) is 4. The van der Waals surface area contributed by atoms with Crippen LogP contribution in [0.1, 0.15) is 5.56 Å². The maximum Gasteiger partial charge on any atom is 0.248 e. The lowest BCUT2D eigenvalue weighted by Crippen LogP contribution is -2.49. The Morgan fingerprint density at radius 2 is 2.00 bits per heavy atom. The van der Waals surface area contributed by atoms with Crippen LogP contribution in [-0.4, -0.2) is 58.6 Å². The number of carbonyl (C=O) groups is 1. The van der Waals surface area contributed by atoms with Gasteiger partial charge in [-0.1, -0.05) is 23.7 Å². The number of nitrogens with zero attached hydrogens (tertiary/aromatic N) is 3. The summed E-state index contributed by atoms with van der Waals surface area (Å²) in [5, 5.41) is 10.7. The number of halogens is 1. The summed E-state index contributed by atoms with van der Waals surface area (Å²) < 4.78 is 0. The number of fused-ring (bicyclic) bond motifs is 1. The molecule has 0 bridgehead atoms. The molecule has 116 valence electrons. The molecule has 1 amide bonds. The third kappa shape index (κ3) is 3.06. The predicted molar refractivity (Wildman–Crippen MR) is 85.7 cm³/mol. The molecule has 1 N–H and O–H groups in total. The Labute approximate surface area is 134 Å². The SMILES string of the molecule is O=C(CO)N1CCN(Cc2c(Cl)ccc3cccnc23)CC1. The quantitative estimate of drug-likeness (QED) is 0.932. The van der Waals surface area contributed by atoms with Gasteiger partial charge >= 0.3 is 0 Å². The number of amides is 1. The topological polar surface area (TPSA) is 56.7 Å². The van der Waals surface area contributed by atoms with Gasteiger partial charge in [-0.05, 0) is 12.1 Å². The third-order valence-electron chi connectivity index (χ3n) is 4.06. The molecule has 0 radical (unpaired) electrons. The standard InChI is InChI=1S/C16H18ClN3O2/c17-14-4-3-12-2-1-5-18-16(12)13(14)10-19-6-8-20(9-7-19)15(22)11-21/h1-5,21H,6-11H2. The molecule has 5 nitrogen and oxygen atoms in total. The molecule has 1 aromatic heterocycles. The fourth-order valence-electron chi connectivity index (χ4n) is 2.81. The molecule has 1 aromatic carbocycles. The lowest BCUT2D eigenvalue weighted by molar-refractivity contribution is -0.135. The van der Waals surface area contributed by atoms with E-state index in [1.54, 1.807) is 11.1 Å². The highest BCUT2D eigenvalue weighted by molar-refractivity contribution is 6.32. The third-order valence-corrected chi connectivity index (χ3v) is 4.42. The van der Waals surface area contributed by atoms with E-state index in [9.17, 15) is 4.79 Å². The lowest BCUT2D eigenvalue weighted by atomic mass is 10.1. The number of benzene rings is 1. The monoisotopic (exact) mass is 319 g/mol. The lowest BCUT2D eigenvalue weighted by Gasteiger charge is -2.34. The summed E-state index contributed by atoms with van der Waals surface area (Å²) in [6.45, 7) is 3.11. The van der Waals surface area contributed by atoms with Crippen LogP contribution in [0.25, 0.3) is 10.9 Å². The second-order valence-corrected chi connectivity index (χ2v) is 5.82. The summed E-state index contributed by atoms with van der Waals surface area (Å²) in [5.74, 6) is -0.204. The Hall–Kier alpha value is -1.69. The van der Waals surface area contributed by atoms with Crippen molar-refractivity contribution < 1.29 is 9.90 Å². The molecule has 0 atom stereocenters. The number of aliphatic hydroxyl groups is 1. The van der Waals surface area contributed by atoms with E-state index >= 15 is 0 Å². The summed E-state index contributed by atoms with van der Waals surface area (Å²) in [7, 11) is 0. The molecule has 0 saturated carbocycles. The maximum atomic E-state index is 11.5. The Kier molecular flexibility index (Phi) is 4.57. The van der Waals surface area contributed by atoms with Gasteiger partial charge in [0.1, 0.15) is 6.61 Å². The van der Waals surface area contributed by atoms with E-state index in [0.29, 0.717) is 19.6 Å². The Bertz CT molecular complexity index is 684. The van der Waals surface area contributed by atoms with Gasteiger partial charge in [-0.25, -0.2) is 0 Å². The van der Waals surface area contributed by atoms with Gasteiger partial charge in [0.2, 0.25) is 5.91 Å². The molecule has 3 rings (SSSR count). The maximum absolute atomic E-state index is 11.5. The molecule has 1 fully saturated rings. The molecule has 2 heterocycles. The first-order chi connectivity index (χ1) is 10.7. The Morgan fingerprint density at radius 1 is 1.23 bits per heavy atom. The van der Waals surface area contributed by atoms with Crippen molar-refractivity contribution in [1.82, 2.24) is 14.8 Å². The van der Waals surface area contributed by atoms with Gasteiger partial charge in [0.05, 0.1) is 5.52 Å². The van der Waals surface area contributed by atoms with Crippen molar-refractivity contribution >= 4 is 28.4 Å². The minimum Gasteiger partial charge on any atom is -0.387 e. The largest absolute Gasteiger partial charge is 0.387 e. The van der Waals surface area contributed by atoms with Crippen LogP contribution in [0.15, 0.2) is 30.5 Å². The second kappa shape index (κ2) is 6.60. The first-order valence-corrected chi connectivity index (χ1v) is 7.70. The van der Waals surface area contributed by atoms with Crippen LogP contribution >= 0.6 is 11.6 Å². The van der Waals surface area contributed by atoms with Crippen molar-refractivity contribution in [2.45, 2.75) is 6.54 Å². The predicted octanol–water partition coefficient (Wildman–Crippen LogP) is 1.52. The van der Waals surface area contributed by atoms with Crippen molar-refractivity contribution in [3.05, 3.63) is 41.0 Å². The Morgan fingerprint density at radius 3 is 2.73 bits per heavy atom. The van der Waals surface area contributed by atoms with Gasteiger partial charge in [0, 0.05) is 54.9 Å². The van der Waals surface area contributed by atoms with Crippen molar-refractivity contribution in [2.75, 3.05) is 32.8 Å². The molecule has 1 aliphatic heterocycles. The smallest absolute Gasteiger partial charge is 0.248 e. The number of aliphatic hydroxyl groups excluding tert-OH is 1. The van der Waals surface area contributed by atoms with E-state index in [2.05, 4.69) is 9.88 Å². The minimum absolute atomic E-state index is 0.204. The van der Waals surface area contributed by atoms with Crippen LogP contribution in [-0.2, 0) is 11.3 Å². The van der Waals surface area contributed by atoms with Crippen LogP contribution in [0.3, 0.4) is 0 Å². The van der Waals surface area contributed by atoms with E-state index in [4.69, 9.17) is 16.7 Å². The highest BCUT2D eigenvalue weighted by Gasteiger charge is 2.21. The Balaban J connectivity index is 1.75. The summed E-state index contributed by atoms with van der Waals surface area (Å²) in [6, 6.07) is 7.83. The van der Waals surface area contributed by atoms with E-state index in [1.165, 1.54) is 0 Å². The van der Waals surface area contributed by atoms with Crippen molar-refractivity contribution in [3.8, 4) is 0 Å². The molecule has 1 saturated heterocycles. The van der Waals surface area contributed by atoms with Gasteiger partial charge in [-0.2, -0.15) is 0 Å². The molecule has 1 aliphatic rings. The summed E-state index contributed by atoms with van der Waals surface area (Å²) >= 11 is 6.36. The highest BCUT2D eigenvalue weighted by atomic mass is 35.5.